The number of aryl methyl sites for hydroxylation is 1. The molecule has 0 amide bonds. The highest BCUT2D eigenvalue weighted by molar-refractivity contribution is 7.89. The van der Waals surface area contributed by atoms with Crippen molar-refractivity contribution in [1.82, 2.24) is 4.98 Å². The normalized spacial score (nSPS) is 11.3. The van der Waals surface area contributed by atoms with E-state index in [-0.39, 0.29) is 10.8 Å². The number of sulfonamides is 1. The van der Waals surface area contributed by atoms with Crippen molar-refractivity contribution in [3.05, 3.63) is 17.8 Å². The molecule has 0 saturated carbocycles. The van der Waals surface area contributed by atoms with Crippen LogP contribution in [-0.4, -0.2) is 20.5 Å². The van der Waals surface area contributed by atoms with Crippen LogP contribution in [-0.2, 0) is 10.0 Å². The second kappa shape index (κ2) is 3.31. The first kappa shape index (κ1) is 9.94. The van der Waals surface area contributed by atoms with E-state index in [4.69, 9.17) is 9.88 Å². The topological polar surface area (TPSA) is 82.3 Å². The van der Waals surface area contributed by atoms with Gasteiger partial charge in [-0.3, -0.25) is 0 Å². The largest absolute Gasteiger partial charge is 0.480 e. The minimum absolute atomic E-state index is 0.0214. The lowest BCUT2D eigenvalue weighted by Crippen LogP contribution is -2.14. The molecule has 0 fully saturated rings. The molecule has 2 N–H and O–H groups in total. The van der Waals surface area contributed by atoms with E-state index in [2.05, 4.69) is 4.98 Å². The minimum atomic E-state index is -3.76. The van der Waals surface area contributed by atoms with Gasteiger partial charge in [-0.15, -0.1) is 0 Å². The highest BCUT2D eigenvalue weighted by Gasteiger charge is 2.15. The SMILES string of the molecule is COc1ncc(C)cc1S(N)(=O)=O. The van der Waals surface area contributed by atoms with Gasteiger partial charge in [0.1, 0.15) is 4.90 Å². The number of pyridine rings is 1. The molecular weight excluding hydrogens is 192 g/mol. The maximum atomic E-state index is 11.0. The van der Waals surface area contributed by atoms with Gasteiger partial charge in [-0.2, -0.15) is 0 Å². The highest BCUT2D eigenvalue weighted by atomic mass is 32.2. The Morgan fingerprint density at radius 1 is 1.54 bits per heavy atom. The smallest absolute Gasteiger partial charge is 0.243 e. The van der Waals surface area contributed by atoms with Gasteiger partial charge in [0.05, 0.1) is 7.11 Å². The number of methoxy groups -OCH3 is 1. The van der Waals surface area contributed by atoms with Gasteiger partial charge in [0, 0.05) is 6.20 Å². The number of hydrogen-bond donors (Lipinski definition) is 1. The Labute approximate surface area is 76.6 Å². The molecule has 0 aliphatic heterocycles. The van der Waals surface area contributed by atoms with E-state index in [9.17, 15) is 8.42 Å². The number of rotatable bonds is 2. The zero-order chi connectivity index (χ0) is 10.1. The van der Waals surface area contributed by atoms with Gasteiger partial charge in [-0.05, 0) is 18.6 Å². The van der Waals surface area contributed by atoms with Crippen molar-refractivity contribution in [2.75, 3.05) is 7.11 Å². The van der Waals surface area contributed by atoms with Gasteiger partial charge in [-0.1, -0.05) is 0 Å². The van der Waals surface area contributed by atoms with Crippen LogP contribution < -0.4 is 9.88 Å². The van der Waals surface area contributed by atoms with E-state index in [0.717, 1.165) is 0 Å². The lowest BCUT2D eigenvalue weighted by molar-refractivity contribution is 0.385. The lowest BCUT2D eigenvalue weighted by atomic mass is 10.3. The predicted octanol–water partition coefficient (Wildman–Crippen LogP) is 0.0460. The van der Waals surface area contributed by atoms with Gasteiger partial charge in [-0.25, -0.2) is 18.5 Å². The average Bonchev–Trinajstić information content (AvgIpc) is 2.03. The number of primary sulfonamides is 1. The van der Waals surface area contributed by atoms with Crippen molar-refractivity contribution >= 4 is 10.0 Å². The molecule has 1 heterocycles. The zero-order valence-electron chi connectivity index (χ0n) is 7.31. The summed E-state index contributed by atoms with van der Waals surface area (Å²) < 4.78 is 26.8. The number of ether oxygens (including phenoxy) is 1. The molecule has 6 heteroatoms. The third-order valence-corrected chi connectivity index (χ3v) is 2.36. The van der Waals surface area contributed by atoms with E-state index in [1.54, 1.807) is 6.92 Å². The standard InChI is InChI=1S/C7H10N2O3S/c1-5-3-6(13(8,10)11)7(12-2)9-4-5/h3-4H,1-2H3,(H2,8,10,11). The van der Waals surface area contributed by atoms with Crippen LogP contribution in [0.5, 0.6) is 5.88 Å². The lowest BCUT2D eigenvalue weighted by Gasteiger charge is -2.05. The minimum Gasteiger partial charge on any atom is -0.480 e. The van der Waals surface area contributed by atoms with Crippen molar-refractivity contribution in [3.63, 3.8) is 0 Å². The Hall–Kier alpha value is -1.14. The van der Waals surface area contributed by atoms with Gasteiger partial charge < -0.3 is 4.74 Å². The van der Waals surface area contributed by atoms with Crippen LogP contribution in [0.25, 0.3) is 0 Å². The Morgan fingerprint density at radius 3 is 2.62 bits per heavy atom. The second-order valence-electron chi connectivity index (χ2n) is 2.57. The Balaban J connectivity index is 3.41. The van der Waals surface area contributed by atoms with Gasteiger partial charge in [0.15, 0.2) is 0 Å². The van der Waals surface area contributed by atoms with Gasteiger partial charge >= 0.3 is 0 Å². The average molecular weight is 202 g/mol. The molecule has 1 rings (SSSR count). The predicted molar refractivity (Wildman–Crippen MR) is 46.9 cm³/mol. The van der Waals surface area contributed by atoms with Crippen LogP contribution in [0.15, 0.2) is 17.2 Å². The third kappa shape index (κ3) is 2.16. The van der Waals surface area contributed by atoms with Crippen molar-refractivity contribution in [1.29, 1.82) is 0 Å². The molecule has 0 spiro atoms. The number of nitrogens with zero attached hydrogens (tertiary/aromatic N) is 1. The molecule has 1 aromatic heterocycles. The summed E-state index contributed by atoms with van der Waals surface area (Å²) in [5.41, 5.74) is 0.713. The van der Waals surface area contributed by atoms with Crippen LogP contribution in [0.4, 0.5) is 0 Å². The Morgan fingerprint density at radius 2 is 2.15 bits per heavy atom. The molecule has 72 valence electrons. The molecule has 13 heavy (non-hydrogen) atoms. The van der Waals surface area contributed by atoms with E-state index >= 15 is 0 Å². The van der Waals surface area contributed by atoms with Crippen LogP contribution in [0.3, 0.4) is 0 Å². The summed E-state index contributed by atoms with van der Waals surface area (Å²) in [7, 11) is -2.42. The van der Waals surface area contributed by atoms with Crippen molar-refractivity contribution in [2.45, 2.75) is 11.8 Å². The fourth-order valence-corrected chi connectivity index (χ4v) is 1.62. The monoisotopic (exact) mass is 202 g/mol. The Bertz CT molecular complexity index is 414. The van der Waals surface area contributed by atoms with Crippen LogP contribution in [0.1, 0.15) is 5.56 Å². The maximum Gasteiger partial charge on any atom is 0.243 e. The van der Waals surface area contributed by atoms with Gasteiger partial charge in [0.2, 0.25) is 15.9 Å². The summed E-state index contributed by atoms with van der Waals surface area (Å²) in [6, 6.07) is 1.42. The maximum absolute atomic E-state index is 11.0. The van der Waals surface area contributed by atoms with E-state index in [1.807, 2.05) is 0 Å². The fraction of sp³-hybridized carbons (Fsp3) is 0.286. The Kier molecular flexibility index (Phi) is 2.53. The summed E-state index contributed by atoms with van der Waals surface area (Å²) in [6.45, 7) is 1.72. The molecule has 0 aliphatic rings. The van der Waals surface area contributed by atoms with Gasteiger partial charge in [0.25, 0.3) is 0 Å². The van der Waals surface area contributed by atoms with Crippen molar-refractivity contribution in [2.24, 2.45) is 5.14 Å². The highest BCUT2D eigenvalue weighted by Crippen LogP contribution is 2.19. The van der Waals surface area contributed by atoms with Crippen LogP contribution >= 0.6 is 0 Å². The number of nitrogens with two attached hydrogens (primary N) is 1. The summed E-state index contributed by atoms with van der Waals surface area (Å²) in [6.07, 6.45) is 1.51. The van der Waals surface area contributed by atoms with Crippen molar-refractivity contribution in [3.8, 4) is 5.88 Å². The number of hydrogen-bond acceptors (Lipinski definition) is 4. The molecule has 0 radical (unpaired) electrons. The molecule has 5 nitrogen and oxygen atoms in total. The first-order chi connectivity index (χ1) is 5.95. The second-order valence-corrected chi connectivity index (χ2v) is 4.09. The zero-order valence-corrected chi connectivity index (χ0v) is 8.13. The van der Waals surface area contributed by atoms with E-state index in [0.29, 0.717) is 5.56 Å². The van der Waals surface area contributed by atoms with Crippen LogP contribution in [0, 0.1) is 6.92 Å². The first-order valence-corrected chi connectivity index (χ1v) is 5.03. The summed E-state index contributed by atoms with van der Waals surface area (Å²) in [5, 5.41) is 4.95. The first-order valence-electron chi connectivity index (χ1n) is 3.48. The number of aromatic nitrogens is 1. The van der Waals surface area contributed by atoms with Crippen molar-refractivity contribution < 1.29 is 13.2 Å². The van der Waals surface area contributed by atoms with E-state index in [1.165, 1.54) is 19.4 Å². The summed E-state index contributed by atoms with van der Waals surface area (Å²) in [4.78, 5) is 3.69. The molecule has 0 saturated heterocycles. The van der Waals surface area contributed by atoms with E-state index < -0.39 is 10.0 Å². The summed E-state index contributed by atoms with van der Waals surface area (Å²) >= 11 is 0. The third-order valence-electron chi connectivity index (χ3n) is 1.45. The molecule has 0 atom stereocenters. The molecular formula is C7H10N2O3S. The molecule has 1 aromatic rings. The molecule has 0 aliphatic carbocycles. The molecule has 0 bridgehead atoms. The quantitative estimate of drug-likeness (QED) is 0.734. The van der Waals surface area contributed by atoms with Crippen LogP contribution in [0.2, 0.25) is 0 Å². The molecule has 0 unspecified atom stereocenters. The fourth-order valence-electron chi connectivity index (χ4n) is 0.887. The molecule has 0 aromatic carbocycles. The summed E-state index contributed by atoms with van der Waals surface area (Å²) in [5.74, 6) is 0.0214.